The van der Waals surface area contributed by atoms with Crippen LogP contribution in [0.2, 0.25) is 0 Å². The van der Waals surface area contributed by atoms with Crippen molar-refractivity contribution in [2.75, 3.05) is 46.3 Å². The summed E-state index contributed by atoms with van der Waals surface area (Å²) >= 11 is 1.28. The van der Waals surface area contributed by atoms with Crippen molar-refractivity contribution in [3.8, 4) is 10.8 Å². The van der Waals surface area contributed by atoms with Gasteiger partial charge >= 0.3 is 11.8 Å². The average molecular weight is 426 g/mol. The largest absolute Gasteiger partial charge is 0.411 e. The van der Waals surface area contributed by atoms with Crippen LogP contribution in [0.1, 0.15) is 28.4 Å². The van der Waals surface area contributed by atoms with E-state index >= 15 is 0 Å². The monoisotopic (exact) mass is 425 g/mol. The van der Waals surface area contributed by atoms with Crippen molar-refractivity contribution in [2.24, 2.45) is 0 Å². The number of nitrogens with zero attached hydrogens (tertiary/aromatic N) is 5. The number of sulfonamides is 1. The smallest absolute Gasteiger partial charge is 0.311 e. The van der Waals surface area contributed by atoms with Gasteiger partial charge in [0, 0.05) is 44.1 Å². The molecule has 152 valence electrons. The SMILES string of the molecule is Cc1sc(-c2nnc(C(=O)N3CCCC3)o2)cc1S(=O)(=O)N1CCN(C)CC1. The number of thiophene rings is 1. The Morgan fingerprint density at radius 1 is 1.11 bits per heavy atom. The van der Waals surface area contributed by atoms with Crippen LogP contribution in [-0.2, 0) is 10.0 Å². The predicted octanol–water partition coefficient (Wildman–Crippen LogP) is 1.28. The Morgan fingerprint density at radius 3 is 2.46 bits per heavy atom. The molecule has 11 heteroatoms. The third-order valence-corrected chi connectivity index (χ3v) is 8.36. The molecular formula is C17H23N5O4S2. The summed E-state index contributed by atoms with van der Waals surface area (Å²) in [4.78, 5) is 17.7. The first-order valence-corrected chi connectivity index (χ1v) is 11.5. The van der Waals surface area contributed by atoms with Crippen molar-refractivity contribution >= 4 is 27.3 Å². The molecule has 0 N–H and O–H groups in total. The minimum absolute atomic E-state index is 0.0496. The lowest BCUT2D eigenvalue weighted by Gasteiger charge is -2.31. The molecule has 1 amide bonds. The maximum absolute atomic E-state index is 13.0. The second-order valence-electron chi connectivity index (χ2n) is 7.15. The number of rotatable bonds is 4. The topological polar surface area (TPSA) is 99.8 Å². The van der Waals surface area contributed by atoms with E-state index in [1.54, 1.807) is 17.9 Å². The first-order valence-electron chi connectivity index (χ1n) is 9.28. The molecule has 0 aromatic carbocycles. The fourth-order valence-corrected chi connectivity index (χ4v) is 6.36. The van der Waals surface area contributed by atoms with Crippen molar-refractivity contribution in [2.45, 2.75) is 24.7 Å². The van der Waals surface area contributed by atoms with E-state index < -0.39 is 10.0 Å². The number of likely N-dealkylation sites (tertiary alicyclic amines) is 1. The molecule has 9 nitrogen and oxygen atoms in total. The Labute approximate surface area is 168 Å². The van der Waals surface area contributed by atoms with Gasteiger partial charge in [-0.15, -0.1) is 21.5 Å². The molecule has 2 aliphatic rings. The lowest BCUT2D eigenvalue weighted by molar-refractivity contribution is 0.0754. The normalized spacial score (nSPS) is 19.4. The highest BCUT2D eigenvalue weighted by atomic mass is 32.2. The van der Waals surface area contributed by atoms with E-state index in [0.717, 1.165) is 12.8 Å². The van der Waals surface area contributed by atoms with Gasteiger partial charge in [0.1, 0.15) is 0 Å². The van der Waals surface area contributed by atoms with Gasteiger partial charge in [0.2, 0.25) is 10.0 Å². The minimum Gasteiger partial charge on any atom is -0.411 e. The summed E-state index contributed by atoms with van der Waals surface area (Å²) in [6.45, 7) is 5.52. The maximum Gasteiger partial charge on any atom is 0.311 e. The molecule has 4 rings (SSSR count). The number of carbonyl (C=O) groups is 1. The first kappa shape index (κ1) is 19.5. The highest BCUT2D eigenvalue weighted by molar-refractivity contribution is 7.89. The zero-order valence-electron chi connectivity index (χ0n) is 15.9. The lowest BCUT2D eigenvalue weighted by Crippen LogP contribution is -2.47. The van der Waals surface area contributed by atoms with E-state index in [-0.39, 0.29) is 22.6 Å². The predicted molar refractivity (Wildman–Crippen MR) is 104 cm³/mol. The fraction of sp³-hybridized carbons (Fsp3) is 0.588. The Balaban J connectivity index is 1.57. The highest BCUT2D eigenvalue weighted by Gasteiger charge is 2.31. The molecular weight excluding hydrogens is 402 g/mol. The van der Waals surface area contributed by atoms with Crippen molar-refractivity contribution in [3.63, 3.8) is 0 Å². The summed E-state index contributed by atoms with van der Waals surface area (Å²) in [5, 5.41) is 7.84. The molecule has 0 atom stereocenters. The first-order chi connectivity index (χ1) is 13.4. The molecule has 2 fully saturated rings. The summed E-state index contributed by atoms with van der Waals surface area (Å²) in [7, 11) is -1.59. The van der Waals surface area contributed by atoms with E-state index in [1.165, 1.54) is 15.6 Å². The Kier molecular flexibility index (Phi) is 5.25. The Bertz CT molecular complexity index is 970. The van der Waals surface area contributed by atoms with Crippen molar-refractivity contribution in [1.29, 1.82) is 0 Å². The van der Waals surface area contributed by atoms with E-state index in [4.69, 9.17) is 4.42 Å². The number of aryl methyl sites for hydroxylation is 1. The van der Waals surface area contributed by atoms with Gasteiger partial charge in [-0.3, -0.25) is 4.79 Å². The number of hydrogen-bond donors (Lipinski definition) is 0. The summed E-state index contributed by atoms with van der Waals surface area (Å²) in [5.74, 6) is -0.142. The molecule has 2 aliphatic heterocycles. The Morgan fingerprint density at radius 2 is 1.79 bits per heavy atom. The molecule has 0 bridgehead atoms. The van der Waals surface area contributed by atoms with Gasteiger partial charge in [-0.25, -0.2) is 8.42 Å². The van der Waals surface area contributed by atoms with Crippen LogP contribution in [0.15, 0.2) is 15.4 Å². The van der Waals surface area contributed by atoms with Gasteiger partial charge in [-0.05, 0) is 32.9 Å². The van der Waals surface area contributed by atoms with Gasteiger partial charge in [-0.2, -0.15) is 4.31 Å². The van der Waals surface area contributed by atoms with E-state index in [9.17, 15) is 13.2 Å². The number of likely N-dealkylation sites (N-methyl/N-ethyl adjacent to an activating group) is 1. The number of piperazine rings is 1. The average Bonchev–Trinajstić information content (AvgIpc) is 3.42. The van der Waals surface area contributed by atoms with Crippen molar-refractivity contribution in [3.05, 3.63) is 16.8 Å². The minimum atomic E-state index is -3.57. The molecule has 0 aliphatic carbocycles. The standard InChI is InChI=1S/C17H23N5O4S2/c1-12-14(28(24,25)22-9-7-20(2)8-10-22)11-13(27-12)15-18-19-16(26-15)17(23)21-5-3-4-6-21/h11H,3-10H2,1-2H3. The van der Waals surface area contributed by atoms with Crippen molar-refractivity contribution in [1.82, 2.24) is 24.3 Å². The summed E-state index contributed by atoms with van der Waals surface area (Å²) < 4.78 is 33.1. The van der Waals surface area contributed by atoms with Crippen LogP contribution in [0.3, 0.4) is 0 Å². The number of hydrogen-bond acceptors (Lipinski definition) is 8. The summed E-state index contributed by atoms with van der Waals surface area (Å²) in [6.07, 6.45) is 1.95. The van der Waals surface area contributed by atoms with Crippen LogP contribution >= 0.6 is 11.3 Å². The quantitative estimate of drug-likeness (QED) is 0.727. The number of aromatic nitrogens is 2. The number of amides is 1. The van der Waals surface area contributed by atoms with Crippen LogP contribution in [0.25, 0.3) is 10.8 Å². The second-order valence-corrected chi connectivity index (χ2v) is 10.3. The zero-order chi connectivity index (χ0) is 19.9. The van der Waals surface area contributed by atoms with Gasteiger partial charge < -0.3 is 14.2 Å². The molecule has 0 radical (unpaired) electrons. The van der Waals surface area contributed by atoms with Crippen LogP contribution in [0.4, 0.5) is 0 Å². The maximum atomic E-state index is 13.0. The molecule has 4 heterocycles. The highest BCUT2D eigenvalue weighted by Crippen LogP contribution is 2.34. The van der Waals surface area contributed by atoms with Gasteiger partial charge in [0.25, 0.3) is 5.89 Å². The fourth-order valence-electron chi connectivity index (χ4n) is 3.46. The molecule has 0 spiro atoms. The second kappa shape index (κ2) is 7.54. The third kappa shape index (κ3) is 3.59. The van der Waals surface area contributed by atoms with Gasteiger partial charge in [0.15, 0.2) is 0 Å². The van der Waals surface area contributed by atoms with Gasteiger partial charge in [0.05, 0.1) is 9.77 Å². The van der Waals surface area contributed by atoms with Crippen LogP contribution in [0.5, 0.6) is 0 Å². The van der Waals surface area contributed by atoms with Crippen LogP contribution in [-0.4, -0.2) is 84.9 Å². The number of carbonyl (C=O) groups excluding carboxylic acids is 1. The molecule has 0 saturated carbocycles. The third-order valence-electron chi connectivity index (χ3n) is 5.16. The summed E-state index contributed by atoms with van der Waals surface area (Å²) in [6, 6.07) is 1.57. The van der Waals surface area contributed by atoms with E-state index in [0.29, 0.717) is 49.0 Å². The van der Waals surface area contributed by atoms with E-state index in [2.05, 4.69) is 15.1 Å². The Hall–Kier alpha value is -1.82. The van der Waals surface area contributed by atoms with Crippen LogP contribution in [0, 0.1) is 6.92 Å². The van der Waals surface area contributed by atoms with Gasteiger partial charge in [-0.1, -0.05) is 0 Å². The van der Waals surface area contributed by atoms with E-state index in [1.807, 2.05) is 7.05 Å². The molecule has 28 heavy (non-hydrogen) atoms. The van der Waals surface area contributed by atoms with Crippen LogP contribution < -0.4 is 0 Å². The summed E-state index contributed by atoms with van der Waals surface area (Å²) in [5.41, 5.74) is 0. The molecule has 2 aromatic heterocycles. The molecule has 2 saturated heterocycles. The molecule has 2 aromatic rings. The molecule has 0 unspecified atom stereocenters. The van der Waals surface area contributed by atoms with Crippen molar-refractivity contribution < 1.29 is 17.6 Å². The zero-order valence-corrected chi connectivity index (χ0v) is 17.6. The lowest BCUT2D eigenvalue weighted by atomic mass is 10.4.